The molecule has 0 saturated heterocycles. The van der Waals surface area contributed by atoms with Crippen LogP contribution in [0, 0.1) is 29.6 Å². The number of carbonyl (C=O) groups excluding carboxylic acids is 2. The Hall–Kier alpha value is -2.16. The minimum absolute atomic E-state index is 0.0497. The zero-order chi connectivity index (χ0) is 20.9. The van der Waals surface area contributed by atoms with Gasteiger partial charge in [0.1, 0.15) is 5.75 Å². The molecule has 3 heteroatoms. The number of allylic oxidation sites excluding steroid dienone is 3. The fourth-order valence-corrected chi connectivity index (χ4v) is 5.63. The third-order valence-corrected chi connectivity index (χ3v) is 7.07. The van der Waals surface area contributed by atoms with Crippen molar-refractivity contribution in [2.45, 2.75) is 60.3 Å². The number of hydrogen-bond acceptors (Lipinski definition) is 3. The molecule has 0 heterocycles. The van der Waals surface area contributed by atoms with Crippen molar-refractivity contribution >= 4 is 11.6 Å². The number of carbonyl (C=O) groups is 2. The predicted molar refractivity (Wildman–Crippen MR) is 112 cm³/mol. The van der Waals surface area contributed by atoms with Crippen LogP contribution in [0.2, 0.25) is 0 Å². The Labute approximate surface area is 168 Å². The molecule has 28 heavy (non-hydrogen) atoms. The van der Waals surface area contributed by atoms with Crippen LogP contribution < -0.4 is 0 Å². The Bertz CT molecular complexity index is 874. The summed E-state index contributed by atoms with van der Waals surface area (Å²) in [7, 11) is 0. The van der Waals surface area contributed by atoms with E-state index in [1.54, 1.807) is 19.1 Å². The maximum atomic E-state index is 13.4. The molecule has 0 radical (unpaired) electrons. The number of hydrogen-bond donors (Lipinski definition) is 1. The number of fused-ring (bicyclic) bond motifs is 1. The van der Waals surface area contributed by atoms with Gasteiger partial charge in [-0.1, -0.05) is 57.6 Å². The van der Waals surface area contributed by atoms with Crippen LogP contribution in [0.1, 0.15) is 69.3 Å². The third kappa shape index (κ3) is 3.36. The summed E-state index contributed by atoms with van der Waals surface area (Å²) >= 11 is 0. The minimum atomic E-state index is -0.240. The van der Waals surface area contributed by atoms with Crippen molar-refractivity contribution in [2.75, 3.05) is 0 Å². The molecule has 3 nitrogen and oxygen atoms in total. The lowest BCUT2D eigenvalue weighted by Crippen LogP contribution is -2.51. The van der Waals surface area contributed by atoms with E-state index in [0.717, 1.165) is 30.4 Å². The van der Waals surface area contributed by atoms with Crippen molar-refractivity contribution < 1.29 is 14.7 Å². The molecule has 2 aliphatic rings. The highest BCUT2D eigenvalue weighted by Crippen LogP contribution is 2.59. The first-order chi connectivity index (χ1) is 13.0. The predicted octanol–water partition coefficient (Wildman–Crippen LogP) is 5.81. The third-order valence-electron chi connectivity index (χ3n) is 7.07. The van der Waals surface area contributed by atoms with Gasteiger partial charge in [0.2, 0.25) is 0 Å². The first-order valence-electron chi connectivity index (χ1n) is 10.2. The molecule has 1 aromatic carbocycles. The van der Waals surface area contributed by atoms with Crippen molar-refractivity contribution in [3.8, 4) is 5.75 Å². The molecule has 3 atom stereocenters. The summed E-state index contributed by atoms with van der Waals surface area (Å²) in [5.41, 5.74) is 2.61. The largest absolute Gasteiger partial charge is 0.508 e. The van der Waals surface area contributed by atoms with Crippen LogP contribution >= 0.6 is 0 Å². The van der Waals surface area contributed by atoms with E-state index in [1.165, 1.54) is 6.07 Å². The highest BCUT2D eigenvalue weighted by Gasteiger charge is 2.54. The lowest BCUT2D eigenvalue weighted by molar-refractivity contribution is -0.127. The Morgan fingerprint density at radius 3 is 2.54 bits per heavy atom. The van der Waals surface area contributed by atoms with Gasteiger partial charge in [-0.25, -0.2) is 0 Å². The van der Waals surface area contributed by atoms with Crippen LogP contribution in [0.5, 0.6) is 5.75 Å². The fourth-order valence-electron chi connectivity index (χ4n) is 5.63. The topological polar surface area (TPSA) is 54.4 Å². The number of aryl methyl sites for hydroxylation is 1. The Kier molecular flexibility index (Phi) is 5.16. The van der Waals surface area contributed by atoms with E-state index in [2.05, 4.69) is 33.4 Å². The van der Waals surface area contributed by atoms with Gasteiger partial charge in [-0.15, -0.1) is 0 Å². The van der Waals surface area contributed by atoms with E-state index in [1.807, 2.05) is 6.92 Å². The molecule has 1 fully saturated rings. The van der Waals surface area contributed by atoms with Gasteiger partial charge in [-0.05, 0) is 60.6 Å². The summed E-state index contributed by atoms with van der Waals surface area (Å²) in [5, 5.41) is 9.93. The Morgan fingerprint density at radius 2 is 1.93 bits per heavy atom. The van der Waals surface area contributed by atoms with Crippen molar-refractivity contribution in [3.63, 3.8) is 0 Å². The normalized spacial score (nSPS) is 29.0. The number of benzene rings is 1. The molecular formula is C25H32O3. The maximum Gasteiger partial charge on any atom is 0.167 e. The van der Waals surface area contributed by atoms with E-state index in [9.17, 15) is 14.7 Å². The quantitative estimate of drug-likeness (QED) is 0.530. The van der Waals surface area contributed by atoms with Gasteiger partial charge in [0.15, 0.2) is 11.6 Å². The summed E-state index contributed by atoms with van der Waals surface area (Å²) in [6.07, 6.45) is 5.41. The van der Waals surface area contributed by atoms with Crippen molar-refractivity contribution in [2.24, 2.45) is 22.7 Å². The molecule has 1 unspecified atom stereocenters. The highest BCUT2D eigenvalue weighted by atomic mass is 16.3. The van der Waals surface area contributed by atoms with Crippen LogP contribution in [0.4, 0.5) is 0 Å². The lowest BCUT2D eigenvalue weighted by atomic mass is 9.48. The van der Waals surface area contributed by atoms with Crippen LogP contribution in [-0.2, 0) is 4.79 Å². The van der Waals surface area contributed by atoms with Gasteiger partial charge in [0, 0.05) is 17.9 Å². The van der Waals surface area contributed by atoms with Gasteiger partial charge >= 0.3 is 0 Å². The van der Waals surface area contributed by atoms with Gasteiger partial charge in [0.25, 0.3) is 0 Å². The highest BCUT2D eigenvalue weighted by molar-refractivity contribution is 6.08. The molecule has 150 valence electrons. The number of rotatable bonds is 4. The Morgan fingerprint density at radius 1 is 1.25 bits per heavy atom. The van der Waals surface area contributed by atoms with E-state index in [-0.39, 0.29) is 46.4 Å². The zero-order valence-corrected chi connectivity index (χ0v) is 17.8. The van der Waals surface area contributed by atoms with Crippen LogP contribution in [0.3, 0.4) is 0 Å². The van der Waals surface area contributed by atoms with Crippen LogP contribution in [-0.4, -0.2) is 16.7 Å². The number of aromatic hydroxyl groups is 1. The molecule has 3 rings (SSSR count). The number of ketones is 2. The molecule has 1 saturated carbocycles. The van der Waals surface area contributed by atoms with E-state index < -0.39 is 0 Å². The maximum absolute atomic E-state index is 13.4. The SMILES string of the molecule is C=C(C)[C@@H]1C(=O)C(CC(=O)c2ccc(C)c(O)c2)=CC2C(C)(C)CCC[C@@]21C. The van der Waals surface area contributed by atoms with E-state index in [4.69, 9.17) is 0 Å². The summed E-state index contributed by atoms with van der Waals surface area (Å²) in [6, 6.07) is 4.95. The zero-order valence-electron chi connectivity index (χ0n) is 17.8. The van der Waals surface area contributed by atoms with Gasteiger partial charge in [-0.2, -0.15) is 0 Å². The second-order valence-corrected chi connectivity index (χ2v) is 9.76. The molecule has 2 aliphatic carbocycles. The average molecular weight is 381 g/mol. The van der Waals surface area contributed by atoms with Crippen LogP contribution in [0.25, 0.3) is 0 Å². The van der Waals surface area contributed by atoms with Crippen LogP contribution in [0.15, 0.2) is 42.0 Å². The second kappa shape index (κ2) is 7.02. The molecule has 0 spiro atoms. The van der Waals surface area contributed by atoms with E-state index in [0.29, 0.717) is 11.1 Å². The van der Waals surface area contributed by atoms with Crippen molar-refractivity contribution in [1.29, 1.82) is 0 Å². The molecule has 0 aliphatic heterocycles. The molecule has 1 N–H and O–H groups in total. The summed E-state index contributed by atoms with van der Waals surface area (Å²) in [6.45, 7) is 14.6. The molecular weight excluding hydrogens is 348 g/mol. The molecule has 0 amide bonds. The van der Waals surface area contributed by atoms with Gasteiger partial charge < -0.3 is 5.11 Å². The number of phenolic OH excluding ortho intramolecular Hbond substituents is 1. The van der Waals surface area contributed by atoms with E-state index >= 15 is 0 Å². The molecule has 0 aromatic heterocycles. The molecule has 1 aromatic rings. The first kappa shape index (κ1) is 20.6. The van der Waals surface area contributed by atoms with Crippen molar-refractivity contribution in [1.82, 2.24) is 0 Å². The summed E-state index contributed by atoms with van der Waals surface area (Å²) in [4.78, 5) is 26.3. The molecule has 0 bridgehead atoms. The standard InChI is InChI=1S/C25H32O3/c1-15(2)22-23(28)18(13-20(27)17-9-8-16(3)19(26)12-17)14-21-24(4,5)10-7-11-25(21,22)6/h8-9,12,14,21-22,26H,1,7,10-11,13H2,2-6H3/t21?,22-,25+/m1/s1. The fraction of sp³-hybridized carbons (Fsp3) is 0.520. The monoisotopic (exact) mass is 380 g/mol. The van der Waals surface area contributed by atoms with Gasteiger partial charge in [-0.3, -0.25) is 9.59 Å². The number of phenols is 1. The smallest absolute Gasteiger partial charge is 0.167 e. The first-order valence-corrected chi connectivity index (χ1v) is 10.2. The van der Waals surface area contributed by atoms with Gasteiger partial charge in [0.05, 0.1) is 0 Å². The second-order valence-electron chi connectivity index (χ2n) is 9.76. The summed E-state index contributed by atoms with van der Waals surface area (Å²) < 4.78 is 0. The summed E-state index contributed by atoms with van der Waals surface area (Å²) in [5.74, 6) is 0.0236. The van der Waals surface area contributed by atoms with Crippen molar-refractivity contribution in [3.05, 3.63) is 53.1 Å². The minimum Gasteiger partial charge on any atom is -0.508 e. The lowest BCUT2D eigenvalue weighted by Gasteiger charge is -2.55. The number of Topliss-reactive ketones (excluding diaryl/α,β-unsaturated/α-hetero) is 2. The Balaban J connectivity index is 2.00. The average Bonchev–Trinajstić information content (AvgIpc) is 2.58.